The average Bonchev–Trinajstić information content (AvgIpc) is 2.14. The van der Waals surface area contributed by atoms with E-state index in [9.17, 15) is 4.79 Å². The first-order valence-corrected chi connectivity index (χ1v) is 5.10. The van der Waals surface area contributed by atoms with Gasteiger partial charge in [-0.15, -0.1) is 0 Å². The van der Waals surface area contributed by atoms with Crippen LogP contribution in [0.1, 0.15) is 33.1 Å². The summed E-state index contributed by atoms with van der Waals surface area (Å²) in [7, 11) is 0. The third-order valence-electron chi connectivity index (χ3n) is 2.75. The van der Waals surface area contributed by atoms with Crippen LogP contribution in [0.25, 0.3) is 0 Å². The van der Waals surface area contributed by atoms with Crippen molar-refractivity contribution in [1.82, 2.24) is 10.2 Å². The summed E-state index contributed by atoms with van der Waals surface area (Å²) < 4.78 is 0. The fourth-order valence-corrected chi connectivity index (χ4v) is 2.03. The minimum Gasteiger partial charge on any atom is -0.325 e. The van der Waals surface area contributed by atoms with E-state index < -0.39 is 0 Å². The van der Waals surface area contributed by atoms with E-state index in [2.05, 4.69) is 19.2 Å². The first kappa shape index (κ1) is 10.8. The van der Waals surface area contributed by atoms with Crippen molar-refractivity contribution in [2.24, 2.45) is 0 Å². The van der Waals surface area contributed by atoms with Gasteiger partial charge in [0, 0.05) is 12.1 Å². The number of carbonyl (C=O) groups excluding carboxylic acids is 1. The van der Waals surface area contributed by atoms with E-state index in [1.807, 2.05) is 11.0 Å². The summed E-state index contributed by atoms with van der Waals surface area (Å²) in [6, 6.07) is 2.38. The average molecular weight is 195 g/mol. The van der Waals surface area contributed by atoms with E-state index in [1.54, 1.807) is 0 Å². The van der Waals surface area contributed by atoms with Crippen LogP contribution in [0.3, 0.4) is 0 Å². The van der Waals surface area contributed by atoms with E-state index >= 15 is 0 Å². The molecule has 2 amide bonds. The monoisotopic (exact) mass is 195 g/mol. The van der Waals surface area contributed by atoms with Gasteiger partial charge in [-0.2, -0.15) is 5.26 Å². The van der Waals surface area contributed by atoms with Crippen molar-refractivity contribution in [2.75, 3.05) is 6.54 Å². The fraction of sp³-hybridized carbons (Fsp3) is 0.800. The van der Waals surface area contributed by atoms with Crippen LogP contribution in [-0.2, 0) is 0 Å². The van der Waals surface area contributed by atoms with Gasteiger partial charge in [-0.3, -0.25) is 0 Å². The smallest absolute Gasteiger partial charge is 0.318 e. The molecule has 1 aliphatic heterocycles. The lowest BCUT2D eigenvalue weighted by Crippen LogP contribution is -2.51. The van der Waals surface area contributed by atoms with Gasteiger partial charge < -0.3 is 10.2 Å². The number of nitrogens with zero attached hydrogens (tertiary/aromatic N) is 2. The molecule has 14 heavy (non-hydrogen) atoms. The number of amides is 2. The molecule has 1 aliphatic rings. The van der Waals surface area contributed by atoms with Gasteiger partial charge in [0.05, 0.1) is 6.07 Å². The van der Waals surface area contributed by atoms with Gasteiger partial charge in [0.1, 0.15) is 6.54 Å². The van der Waals surface area contributed by atoms with E-state index in [-0.39, 0.29) is 24.7 Å². The normalized spacial score (nSPS) is 26.8. The quantitative estimate of drug-likeness (QED) is 0.644. The summed E-state index contributed by atoms with van der Waals surface area (Å²) in [5.41, 5.74) is 0. The zero-order chi connectivity index (χ0) is 10.6. The molecular weight excluding hydrogens is 178 g/mol. The van der Waals surface area contributed by atoms with Crippen molar-refractivity contribution in [3.63, 3.8) is 0 Å². The van der Waals surface area contributed by atoms with Gasteiger partial charge in [-0.05, 0) is 33.1 Å². The molecule has 1 rings (SSSR count). The van der Waals surface area contributed by atoms with Crippen LogP contribution in [0.15, 0.2) is 0 Å². The number of urea groups is 1. The molecule has 0 aromatic carbocycles. The second-order valence-electron chi connectivity index (χ2n) is 3.85. The number of nitrogens with one attached hydrogen (secondary N) is 1. The van der Waals surface area contributed by atoms with Crippen molar-refractivity contribution in [2.45, 2.75) is 45.2 Å². The highest BCUT2D eigenvalue weighted by Crippen LogP contribution is 2.22. The fourth-order valence-electron chi connectivity index (χ4n) is 2.03. The van der Waals surface area contributed by atoms with E-state index in [4.69, 9.17) is 5.26 Å². The van der Waals surface area contributed by atoms with Crippen LogP contribution in [0.5, 0.6) is 0 Å². The number of nitriles is 1. The van der Waals surface area contributed by atoms with Gasteiger partial charge in [0.15, 0.2) is 0 Å². The van der Waals surface area contributed by atoms with Gasteiger partial charge in [-0.25, -0.2) is 4.79 Å². The number of carbonyl (C=O) groups is 1. The van der Waals surface area contributed by atoms with Crippen molar-refractivity contribution in [1.29, 1.82) is 5.26 Å². The molecule has 1 heterocycles. The molecule has 0 aromatic heterocycles. The molecule has 2 atom stereocenters. The Kier molecular flexibility index (Phi) is 3.75. The van der Waals surface area contributed by atoms with Gasteiger partial charge in [-0.1, -0.05) is 0 Å². The van der Waals surface area contributed by atoms with E-state index in [1.165, 1.54) is 6.42 Å². The lowest BCUT2D eigenvalue weighted by atomic mass is 9.98. The molecule has 0 bridgehead atoms. The predicted octanol–water partition coefficient (Wildman–Crippen LogP) is 1.48. The van der Waals surface area contributed by atoms with Crippen LogP contribution in [0, 0.1) is 11.3 Å². The summed E-state index contributed by atoms with van der Waals surface area (Å²) in [5, 5.41) is 11.0. The number of likely N-dealkylation sites (tertiary alicyclic amines) is 1. The lowest BCUT2D eigenvalue weighted by molar-refractivity contribution is 0.124. The Morgan fingerprint density at radius 1 is 1.50 bits per heavy atom. The minimum atomic E-state index is -0.105. The molecule has 78 valence electrons. The first-order valence-electron chi connectivity index (χ1n) is 5.10. The zero-order valence-electron chi connectivity index (χ0n) is 8.79. The number of hydrogen-bond acceptors (Lipinski definition) is 2. The molecule has 2 unspecified atom stereocenters. The highest BCUT2D eigenvalue weighted by atomic mass is 16.2. The molecule has 1 N–H and O–H groups in total. The lowest BCUT2D eigenvalue weighted by Gasteiger charge is -2.38. The Bertz CT molecular complexity index is 236. The summed E-state index contributed by atoms with van der Waals surface area (Å²) >= 11 is 0. The van der Waals surface area contributed by atoms with E-state index in [0.29, 0.717) is 0 Å². The molecule has 0 spiro atoms. The molecule has 4 nitrogen and oxygen atoms in total. The van der Waals surface area contributed by atoms with Crippen LogP contribution in [0.2, 0.25) is 0 Å². The highest BCUT2D eigenvalue weighted by molar-refractivity contribution is 5.75. The molecule has 1 saturated heterocycles. The Labute approximate surface area is 84.9 Å². The standard InChI is InChI=1S/C10H17N3O/c1-8-4-3-5-9(2)13(8)10(14)12-7-6-11/h8-9H,3-5,7H2,1-2H3,(H,12,14). The van der Waals surface area contributed by atoms with Crippen molar-refractivity contribution < 1.29 is 4.79 Å². The number of piperidine rings is 1. The topological polar surface area (TPSA) is 56.1 Å². The maximum absolute atomic E-state index is 11.6. The highest BCUT2D eigenvalue weighted by Gasteiger charge is 2.28. The molecule has 0 aromatic rings. The summed E-state index contributed by atoms with van der Waals surface area (Å²) in [6.07, 6.45) is 3.30. The zero-order valence-corrected chi connectivity index (χ0v) is 8.79. The van der Waals surface area contributed by atoms with E-state index in [0.717, 1.165) is 12.8 Å². The van der Waals surface area contributed by atoms with Crippen molar-refractivity contribution >= 4 is 6.03 Å². The summed E-state index contributed by atoms with van der Waals surface area (Å²) in [5.74, 6) is 0. The molecule has 1 fully saturated rings. The second kappa shape index (κ2) is 4.85. The van der Waals surface area contributed by atoms with Crippen LogP contribution in [-0.4, -0.2) is 29.6 Å². The molecule has 0 aliphatic carbocycles. The Morgan fingerprint density at radius 3 is 2.57 bits per heavy atom. The maximum atomic E-state index is 11.6. The Morgan fingerprint density at radius 2 is 2.07 bits per heavy atom. The van der Waals surface area contributed by atoms with Gasteiger partial charge in [0.2, 0.25) is 0 Å². The third kappa shape index (κ3) is 2.38. The number of hydrogen-bond donors (Lipinski definition) is 1. The Hall–Kier alpha value is -1.24. The van der Waals surface area contributed by atoms with Crippen LogP contribution >= 0.6 is 0 Å². The Balaban J connectivity index is 2.54. The van der Waals surface area contributed by atoms with Gasteiger partial charge in [0.25, 0.3) is 0 Å². The largest absolute Gasteiger partial charge is 0.325 e. The van der Waals surface area contributed by atoms with Gasteiger partial charge >= 0.3 is 6.03 Å². The summed E-state index contributed by atoms with van der Waals surface area (Å²) in [6.45, 7) is 4.21. The molecule has 4 heteroatoms. The second-order valence-corrected chi connectivity index (χ2v) is 3.85. The van der Waals surface area contributed by atoms with Crippen molar-refractivity contribution in [3.05, 3.63) is 0 Å². The SMILES string of the molecule is CC1CCCC(C)N1C(=O)NCC#N. The molecule has 0 radical (unpaired) electrons. The first-order chi connectivity index (χ1) is 6.66. The van der Waals surface area contributed by atoms with Crippen LogP contribution < -0.4 is 5.32 Å². The third-order valence-corrected chi connectivity index (χ3v) is 2.75. The maximum Gasteiger partial charge on any atom is 0.318 e. The summed E-state index contributed by atoms with van der Waals surface area (Å²) in [4.78, 5) is 13.5. The van der Waals surface area contributed by atoms with Crippen LogP contribution in [0.4, 0.5) is 4.79 Å². The van der Waals surface area contributed by atoms with Crippen molar-refractivity contribution in [3.8, 4) is 6.07 Å². The molecule has 0 saturated carbocycles. The molecular formula is C10H17N3O. The minimum absolute atomic E-state index is 0.0920. The predicted molar refractivity (Wildman–Crippen MR) is 53.6 cm³/mol. The number of rotatable bonds is 1.